The zero-order valence-corrected chi connectivity index (χ0v) is 8.05. The van der Waals surface area contributed by atoms with Crippen molar-refractivity contribution in [3.8, 4) is 16.9 Å². The Balaban J connectivity index is 2.62. The number of phenols is 1. The van der Waals surface area contributed by atoms with Crippen LogP contribution >= 0.6 is 0 Å². The molecule has 0 amide bonds. The van der Waals surface area contributed by atoms with Gasteiger partial charge in [-0.25, -0.2) is 13.2 Å². The Bertz CT molecular complexity index is 518. The number of benzene rings is 2. The van der Waals surface area contributed by atoms with Crippen LogP contribution in [0.25, 0.3) is 11.1 Å². The fraction of sp³-hybridized carbons (Fsp3) is 0. The van der Waals surface area contributed by atoms with Crippen LogP contribution in [0.2, 0.25) is 0 Å². The SMILES string of the molecule is Oc1ccc(F)cc1-c1cc(F)cc(F)c1. The molecule has 0 heterocycles. The third-order valence-electron chi connectivity index (χ3n) is 2.13. The predicted molar refractivity (Wildman–Crippen MR) is 53.4 cm³/mol. The van der Waals surface area contributed by atoms with Crippen molar-refractivity contribution in [3.05, 3.63) is 53.8 Å². The minimum Gasteiger partial charge on any atom is -0.507 e. The predicted octanol–water partition coefficient (Wildman–Crippen LogP) is 3.48. The monoisotopic (exact) mass is 224 g/mol. The first-order chi connectivity index (χ1) is 7.56. The van der Waals surface area contributed by atoms with Gasteiger partial charge < -0.3 is 5.11 Å². The van der Waals surface area contributed by atoms with Gasteiger partial charge in [0.25, 0.3) is 0 Å². The van der Waals surface area contributed by atoms with Gasteiger partial charge in [-0.3, -0.25) is 0 Å². The Labute approximate surface area is 89.8 Å². The van der Waals surface area contributed by atoms with Crippen molar-refractivity contribution in [2.75, 3.05) is 0 Å². The number of phenolic OH excluding ortho intramolecular Hbond substituents is 1. The second kappa shape index (κ2) is 3.89. The average Bonchev–Trinajstić information content (AvgIpc) is 2.20. The summed E-state index contributed by atoms with van der Waals surface area (Å²) in [6.45, 7) is 0. The maximum Gasteiger partial charge on any atom is 0.126 e. The molecule has 1 N–H and O–H groups in total. The van der Waals surface area contributed by atoms with E-state index in [0.717, 1.165) is 30.3 Å². The Hall–Kier alpha value is -1.97. The summed E-state index contributed by atoms with van der Waals surface area (Å²) < 4.78 is 38.8. The minimum atomic E-state index is -0.779. The van der Waals surface area contributed by atoms with Crippen LogP contribution in [0.4, 0.5) is 13.2 Å². The van der Waals surface area contributed by atoms with Crippen molar-refractivity contribution in [2.24, 2.45) is 0 Å². The van der Waals surface area contributed by atoms with Gasteiger partial charge in [0.15, 0.2) is 0 Å². The number of aromatic hydroxyl groups is 1. The smallest absolute Gasteiger partial charge is 0.126 e. The number of rotatable bonds is 1. The van der Waals surface area contributed by atoms with Gasteiger partial charge in [0.05, 0.1) is 0 Å². The number of hydrogen-bond acceptors (Lipinski definition) is 1. The van der Waals surface area contributed by atoms with Crippen LogP contribution in [0.5, 0.6) is 5.75 Å². The molecular formula is C12H7F3O. The molecule has 4 heteroatoms. The number of halogens is 3. The first kappa shape index (κ1) is 10.5. The first-order valence-corrected chi connectivity index (χ1v) is 4.51. The lowest BCUT2D eigenvalue weighted by Gasteiger charge is -2.05. The molecule has 0 aliphatic carbocycles. The Morgan fingerprint density at radius 3 is 2.00 bits per heavy atom. The van der Waals surface area contributed by atoms with Crippen LogP contribution < -0.4 is 0 Å². The average molecular weight is 224 g/mol. The highest BCUT2D eigenvalue weighted by atomic mass is 19.1. The van der Waals surface area contributed by atoms with Crippen LogP contribution in [0.3, 0.4) is 0 Å². The van der Waals surface area contributed by atoms with E-state index in [2.05, 4.69) is 0 Å². The quantitative estimate of drug-likeness (QED) is 0.786. The molecule has 82 valence electrons. The summed E-state index contributed by atoms with van der Waals surface area (Å²) in [7, 11) is 0. The van der Waals surface area contributed by atoms with Crippen molar-refractivity contribution in [1.29, 1.82) is 0 Å². The highest BCUT2D eigenvalue weighted by Gasteiger charge is 2.08. The lowest BCUT2D eigenvalue weighted by atomic mass is 10.0. The van der Waals surface area contributed by atoms with Gasteiger partial charge in [0.1, 0.15) is 23.2 Å². The molecule has 0 aliphatic heterocycles. The third kappa shape index (κ3) is 2.00. The lowest BCUT2D eigenvalue weighted by molar-refractivity contribution is 0.475. The molecule has 2 aromatic carbocycles. The molecule has 0 spiro atoms. The topological polar surface area (TPSA) is 20.2 Å². The summed E-state index contributed by atoms with van der Waals surface area (Å²) in [6, 6.07) is 5.97. The molecule has 0 radical (unpaired) electrons. The molecule has 0 unspecified atom stereocenters. The maximum atomic E-state index is 12.9. The van der Waals surface area contributed by atoms with E-state index in [9.17, 15) is 18.3 Å². The van der Waals surface area contributed by atoms with E-state index in [1.54, 1.807) is 0 Å². The van der Waals surface area contributed by atoms with Gasteiger partial charge >= 0.3 is 0 Å². The van der Waals surface area contributed by atoms with Crippen LogP contribution in [-0.2, 0) is 0 Å². The van der Waals surface area contributed by atoms with E-state index in [-0.39, 0.29) is 16.9 Å². The van der Waals surface area contributed by atoms with Gasteiger partial charge in [0.2, 0.25) is 0 Å². The minimum absolute atomic E-state index is 0.0541. The molecule has 0 saturated heterocycles. The normalized spacial score (nSPS) is 10.4. The Kier molecular flexibility index (Phi) is 2.56. The van der Waals surface area contributed by atoms with Crippen molar-refractivity contribution in [3.63, 3.8) is 0 Å². The summed E-state index contributed by atoms with van der Waals surface area (Å²) in [5.74, 6) is -2.37. The first-order valence-electron chi connectivity index (χ1n) is 4.51. The fourth-order valence-corrected chi connectivity index (χ4v) is 1.45. The van der Waals surface area contributed by atoms with Gasteiger partial charge in [0, 0.05) is 11.6 Å². The standard InChI is InChI=1S/C12H7F3O/c13-8-1-2-12(16)11(6-8)7-3-9(14)5-10(15)4-7/h1-6,16H. The van der Waals surface area contributed by atoms with Gasteiger partial charge in [-0.1, -0.05) is 0 Å². The molecule has 0 bridgehead atoms. The molecule has 1 nitrogen and oxygen atoms in total. The number of hydrogen-bond donors (Lipinski definition) is 1. The van der Waals surface area contributed by atoms with E-state index >= 15 is 0 Å². The lowest BCUT2D eigenvalue weighted by Crippen LogP contribution is -1.86. The Morgan fingerprint density at radius 2 is 1.38 bits per heavy atom. The van der Waals surface area contributed by atoms with Crippen LogP contribution in [0, 0.1) is 17.5 Å². The largest absolute Gasteiger partial charge is 0.507 e. The van der Waals surface area contributed by atoms with Crippen LogP contribution in [0.15, 0.2) is 36.4 Å². The van der Waals surface area contributed by atoms with Crippen LogP contribution in [0.1, 0.15) is 0 Å². The molecule has 0 aliphatic rings. The van der Waals surface area contributed by atoms with Gasteiger partial charge in [-0.2, -0.15) is 0 Å². The van der Waals surface area contributed by atoms with Crippen molar-refractivity contribution >= 4 is 0 Å². The Morgan fingerprint density at radius 1 is 0.750 bits per heavy atom. The second-order valence-corrected chi connectivity index (χ2v) is 3.32. The van der Waals surface area contributed by atoms with Crippen LogP contribution in [-0.4, -0.2) is 5.11 Å². The van der Waals surface area contributed by atoms with E-state index in [0.29, 0.717) is 6.07 Å². The van der Waals surface area contributed by atoms with Crippen molar-refractivity contribution in [2.45, 2.75) is 0 Å². The highest BCUT2D eigenvalue weighted by Crippen LogP contribution is 2.30. The summed E-state index contributed by atoms with van der Waals surface area (Å²) in [5.41, 5.74) is 0.146. The third-order valence-corrected chi connectivity index (χ3v) is 2.13. The zero-order chi connectivity index (χ0) is 11.7. The van der Waals surface area contributed by atoms with Crippen molar-refractivity contribution < 1.29 is 18.3 Å². The summed E-state index contributed by atoms with van der Waals surface area (Å²) in [5, 5.41) is 9.46. The van der Waals surface area contributed by atoms with E-state index in [4.69, 9.17) is 0 Å². The molecule has 16 heavy (non-hydrogen) atoms. The zero-order valence-electron chi connectivity index (χ0n) is 8.05. The second-order valence-electron chi connectivity index (χ2n) is 3.32. The van der Waals surface area contributed by atoms with Gasteiger partial charge in [-0.05, 0) is 35.9 Å². The summed E-state index contributed by atoms with van der Waals surface area (Å²) >= 11 is 0. The van der Waals surface area contributed by atoms with E-state index in [1.807, 2.05) is 0 Å². The summed E-state index contributed by atoms with van der Waals surface area (Å²) in [6.07, 6.45) is 0. The molecule has 0 aromatic heterocycles. The van der Waals surface area contributed by atoms with Crippen molar-refractivity contribution in [1.82, 2.24) is 0 Å². The van der Waals surface area contributed by atoms with E-state index in [1.165, 1.54) is 0 Å². The van der Waals surface area contributed by atoms with E-state index < -0.39 is 17.5 Å². The molecule has 0 fully saturated rings. The molecule has 0 atom stereocenters. The molecule has 0 saturated carbocycles. The summed E-state index contributed by atoms with van der Waals surface area (Å²) in [4.78, 5) is 0. The molecular weight excluding hydrogens is 217 g/mol. The van der Waals surface area contributed by atoms with Gasteiger partial charge in [-0.15, -0.1) is 0 Å². The molecule has 2 rings (SSSR count). The highest BCUT2D eigenvalue weighted by molar-refractivity contribution is 5.70. The molecule has 2 aromatic rings. The fourth-order valence-electron chi connectivity index (χ4n) is 1.45. The maximum absolute atomic E-state index is 12.9.